The molecule has 2 aromatic heterocycles. The van der Waals surface area contributed by atoms with Crippen molar-refractivity contribution in [2.75, 3.05) is 12.4 Å². The molecular weight excluding hydrogens is 266 g/mol. The first-order chi connectivity index (χ1) is 9.30. The maximum atomic E-state index is 11.6. The second-order valence-corrected chi connectivity index (χ2v) is 4.94. The summed E-state index contributed by atoms with van der Waals surface area (Å²) in [5.41, 5.74) is -0.246. The van der Waals surface area contributed by atoms with Crippen LogP contribution in [0.4, 0.5) is 10.7 Å². The Hall–Kier alpha value is -2.58. The first-order valence-corrected chi connectivity index (χ1v) is 5.78. The molecule has 9 heteroatoms. The molecule has 108 valence electrons. The highest BCUT2D eigenvalue weighted by Gasteiger charge is 2.19. The van der Waals surface area contributed by atoms with E-state index in [0.29, 0.717) is 4.73 Å². The molecule has 0 unspecified atom stereocenters. The zero-order valence-electron chi connectivity index (χ0n) is 11.5. The molecule has 0 radical (unpaired) electrons. The summed E-state index contributed by atoms with van der Waals surface area (Å²) >= 11 is 0. The zero-order chi connectivity index (χ0) is 14.9. The second kappa shape index (κ2) is 4.83. The number of aromatic nitrogens is 4. The van der Waals surface area contributed by atoms with Crippen molar-refractivity contribution in [3.05, 3.63) is 6.33 Å². The lowest BCUT2D eigenvalue weighted by molar-refractivity contribution is 0.0634. The molecule has 9 nitrogen and oxygen atoms in total. The van der Waals surface area contributed by atoms with E-state index in [1.807, 2.05) is 0 Å². The molecule has 0 aliphatic heterocycles. The van der Waals surface area contributed by atoms with Crippen LogP contribution in [0.5, 0.6) is 5.88 Å². The highest BCUT2D eigenvalue weighted by atomic mass is 16.6. The fourth-order valence-electron chi connectivity index (χ4n) is 1.46. The van der Waals surface area contributed by atoms with Gasteiger partial charge in [-0.2, -0.15) is 14.7 Å². The van der Waals surface area contributed by atoms with Gasteiger partial charge in [0.25, 0.3) is 0 Å². The summed E-state index contributed by atoms with van der Waals surface area (Å²) in [5.74, 6) is 0.0771. The molecule has 0 saturated heterocycles. The van der Waals surface area contributed by atoms with Gasteiger partial charge in [-0.1, -0.05) is 0 Å². The van der Waals surface area contributed by atoms with E-state index in [4.69, 9.17) is 9.47 Å². The summed E-state index contributed by atoms with van der Waals surface area (Å²) in [6.07, 6.45) is 0.446. The second-order valence-electron chi connectivity index (χ2n) is 4.94. The van der Waals surface area contributed by atoms with Crippen molar-refractivity contribution in [2.45, 2.75) is 26.4 Å². The lowest BCUT2D eigenvalue weighted by atomic mass is 10.2. The molecule has 0 bridgehead atoms. The van der Waals surface area contributed by atoms with Gasteiger partial charge in [0.2, 0.25) is 17.5 Å². The molecule has 0 aliphatic rings. The number of imidazole rings is 1. The van der Waals surface area contributed by atoms with Crippen molar-refractivity contribution in [2.24, 2.45) is 0 Å². The van der Waals surface area contributed by atoms with Gasteiger partial charge in [-0.3, -0.25) is 5.32 Å². The van der Waals surface area contributed by atoms with Gasteiger partial charge < -0.3 is 14.7 Å². The maximum Gasteiger partial charge on any atom is 0.414 e. The first kappa shape index (κ1) is 13.8. The quantitative estimate of drug-likeness (QED) is 0.800. The van der Waals surface area contributed by atoms with Crippen molar-refractivity contribution in [1.29, 1.82) is 0 Å². The van der Waals surface area contributed by atoms with Gasteiger partial charge >= 0.3 is 6.09 Å². The molecule has 20 heavy (non-hydrogen) atoms. The first-order valence-electron chi connectivity index (χ1n) is 5.78. The van der Waals surface area contributed by atoms with Crippen LogP contribution in [0.15, 0.2) is 6.33 Å². The number of rotatable bonds is 2. The van der Waals surface area contributed by atoms with E-state index >= 15 is 0 Å². The van der Waals surface area contributed by atoms with Crippen LogP contribution in [-0.4, -0.2) is 43.7 Å². The van der Waals surface area contributed by atoms with Crippen molar-refractivity contribution >= 4 is 23.2 Å². The smallest absolute Gasteiger partial charge is 0.414 e. The van der Waals surface area contributed by atoms with Crippen molar-refractivity contribution < 1.29 is 19.5 Å². The number of amides is 1. The summed E-state index contributed by atoms with van der Waals surface area (Å²) in [6, 6.07) is 0. The van der Waals surface area contributed by atoms with E-state index < -0.39 is 11.7 Å². The summed E-state index contributed by atoms with van der Waals surface area (Å²) in [5, 5.41) is 11.9. The number of hydrogen-bond acceptors (Lipinski definition) is 7. The van der Waals surface area contributed by atoms with Crippen LogP contribution >= 0.6 is 0 Å². The van der Waals surface area contributed by atoms with Gasteiger partial charge in [-0.05, 0) is 20.8 Å². The van der Waals surface area contributed by atoms with Crippen LogP contribution in [0.1, 0.15) is 20.8 Å². The van der Waals surface area contributed by atoms with Crippen LogP contribution < -0.4 is 10.1 Å². The van der Waals surface area contributed by atoms with E-state index in [2.05, 4.69) is 20.3 Å². The number of carbonyl (C=O) groups is 1. The Bertz CT molecular complexity index is 646. The normalized spacial score (nSPS) is 11.4. The molecule has 2 heterocycles. The van der Waals surface area contributed by atoms with E-state index in [1.165, 1.54) is 7.11 Å². The third-order valence-corrected chi connectivity index (χ3v) is 2.15. The summed E-state index contributed by atoms with van der Waals surface area (Å²) in [6.45, 7) is 5.21. The monoisotopic (exact) mass is 281 g/mol. The van der Waals surface area contributed by atoms with E-state index in [0.717, 1.165) is 6.33 Å². The third-order valence-electron chi connectivity index (χ3n) is 2.15. The Morgan fingerprint density at radius 1 is 1.40 bits per heavy atom. The Kier molecular flexibility index (Phi) is 3.35. The zero-order valence-corrected chi connectivity index (χ0v) is 11.5. The highest BCUT2D eigenvalue weighted by molar-refractivity contribution is 5.85. The average molecular weight is 281 g/mol. The van der Waals surface area contributed by atoms with Gasteiger partial charge in [0.1, 0.15) is 11.9 Å². The molecule has 0 fully saturated rings. The number of ether oxygens (including phenoxy) is 2. The van der Waals surface area contributed by atoms with Crippen LogP contribution in [-0.2, 0) is 4.74 Å². The Labute approximate surface area is 114 Å². The van der Waals surface area contributed by atoms with Crippen molar-refractivity contribution in [3.63, 3.8) is 0 Å². The Balaban J connectivity index is 2.31. The highest BCUT2D eigenvalue weighted by Crippen LogP contribution is 2.21. The fourth-order valence-corrected chi connectivity index (χ4v) is 1.46. The van der Waals surface area contributed by atoms with Crippen LogP contribution in [0.25, 0.3) is 11.2 Å². The number of nitrogens with one attached hydrogen (secondary N) is 1. The number of methoxy groups -OCH3 is 1. The number of hydrogen-bond donors (Lipinski definition) is 2. The largest absolute Gasteiger partial charge is 0.479 e. The molecule has 1 amide bonds. The minimum Gasteiger partial charge on any atom is -0.479 e. The van der Waals surface area contributed by atoms with Gasteiger partial charge in [0.15, 0.2) is 5.52 Å². The number of anilines is 1. The maximum absolute atomic E-state index is 11.6. The van der Waals surface area contributed by atoms with E-state index in [-0.39, 0.29) is 23.0 Å². The fraction of sp³-hybridized carbons (Fsp3) is 0.455. The molecule has 0 saturated carbocycles. The Morgan fingerprint density at radius 3 is 2.70 bits per heavy atom. The van der Waals surface area contributed by atoms with Crippen molar-refractivity contribution in [3.8, 4) is 5.88 Å². The molecule has 0 atom stereocenters. The van der Waals surface area contributed by atoms with Crippen LogP contribution in [0.2, 0.25) is 0 Å². The molecule has 2 rings (SSSR count). The van der Waals surface area contributed by atoms with Gasteiger partial charge in [0, 0.05) is 0 Å². The van der Waals surface area contributed by atoms with E-state index in [1.54, 1.807) is 20.8 Å². The predicted octanol–water partition coefficient (Wildman–Crippen LogP) is 1.42. The topological polar surface area (TPSA) is 111 Å². The van der Waals surface area contributed by atoms with Crippen LogP contribution in [0, 0.1) is 0 Å². The number of carbonyl (C=O) groups excluding carboxylic acids is 1. The molecule has 0 spiro atoms. The van der Waals surface area contributed by atoms with Gasteiger partial charge in [-0.25, -0.2) is 9.78 Å². The van der Waals surface area contributed by atoms with E-state index in [9.17, 15) is 10.0 Å². The van der Waals surface area contributed by atoms with Gasteiger partial charge in [0.05, 0.1) is 7.11 Å². The molecule has 2 N–H and O–H groups in total. The molecule has 2 aromatic rings. The van der Waals surface area contributed by atoms with Crippen molar-refractivity contribution in [1.82, 2.24) is 19.7 Å². The summed E-state index contributed by atoms with van der Waals surface area (Å²) in [4.78, 5) is 23.5. The average Bonchev–Trinajstić information content (AvgIpc) is 2.68. The minimum absolute atomic E-state index is 0.0561. The van der Waals surface area contributed by atoms with Gasteiger partial charge in [-0.15, -0.1) is 0 Å². The summed E-state index contributed by atoms with van der Waals surface area (Å²) < 4.78 is 10.8. The standard InChI is InChI=1S/C11H15N5O4/c1-11(2,3)20-10(17)15-9-13-7-6(8(14-9)19-4)12-5-16(7)18/h5,18H,1-4H3,(H,13,14,15,17). The lowest BCUT2D eigenvalue weighted by Crippen LogP contribution is -2.27. The number of nitrogens with zero attached hydrogens (tertiary/aromatic N) is 4. The third kappa shape index (κ3) is 2.87. The molecular formula is C11H15N5O4. The summed E-state index contributed by atoms with van der Waals surface area (Å²) in [7, 11) is 1.40. The lowest BCUT2D eigenvalue weighted by Gasteiger charge is -2.19. The minimum atomic E-state index is -0.706. The molecule has 0 aliphatic carbocycles. The SMILES string of the molecule is COc1nc(NC(=O)OC(C)(C)C)nc2c1ncn2O. The number of fused-ring (bicyclic) bond motifs is 1. The Morgan fingerprint density at radius 2 is 2.10 bits per heavy atom. The van der Waals surface area contributed by atoms with Crippen LogP contribution in [0.3, 0.4) is 0 Å². The molecule has 0 aromatic carbocycles. The predicted molar refractivity (Wildman–Crippen MR) is 68.9 cm³/mol.